The van der Waals surface area contributed by atoms with Crippen molar-refractivity contribution in [1.29, 1.82) is 0 Å². The van der Waals surface area contributed by atoms with Gasteiger partial charge in [-0.05, 0) is 27.8 Å². The number of carbonyl (C=O) groups excluding carboxylic acids is 1. The van der Waals surface area contributed by atoms with Gasteiger partial charge in [0.1, 0.15) is 5.78 Å². The van der Waals surface area contributed by atoms with E-state index in [0.29, 0.717) is 0 Å². The maximum absolute atomic E-state index is 10.1. The fraction of sp³-hybridized carbons (Fsp3) is 0.917. The van der Waals surface area contributed by atoms with Crippen LogP contribution in [0, 0.1) is 5.92 Å². The Morgan fingerprint density at radius 3 is 1.60 bits per heavy atom. The molecule has 2 N–H and O–H groups in total. The number of hydrogen-bond acceptors (Lipinski definition) is 3. The Morgan fingerprint density at radius 1 is 1.33 bits per heavy atom. The van der Waals surface area contributed by atoms with Crippen LogP contribution < -0.4 is 5.32 Å². The molecule has 3 nitrogen and oxygen atoms in total. The fourth-order valence-electron chi connectivity index (χ4n) is 0.0791. The molecule has 0 rings (SSSR count). The van der Waals surface area contributed by atoms with Gasteiger partial charge in [0.2, 0.25) is 0 Å². The van der Waals surface area contributed by atoms with E-state index in [1.165, 1.54) is 0 Å². The summed E-state index contributed by atoms with van der Waals surface area (Å²) >= 11 is 0. The normalized spacial score (nSPS) is 9.73. The molecule has 0 unspecified atom stereocenters. The Morgan fingerprint density at radius 2 is 1.60 bits per heavy atom. The van der Waals surface area contributed by atoms with Crippen LogP contribution in [-0.2, 0) is 4.79 Å². The predicted octanol–water partition coefficient (Wildman–Crippen LogP) is 2.23. The van der Waals surface area contributed by atoms with Crippen LogP contribution in [0.1, 0.15) is 48.5 Å². The Labute approximate surface area is 95.3 Å². The van der Waals surface area contributed by atoms with Gasteiger partial charge < -0.3 is 10.4 Å². The van der Waals surface area contributed by atoms with Crippen molar-refractivity contribution in [2.24, 2.45) is 5.92 Å². The lowest BCUT2D eigenvalue weighted by atomic mass is 10.1. The van der Waals surface area contributed by atoms with Crippen molar-refractivity contribution < 1.29 is 9.90 Å². The lowest BCUT2D eigenvalue weighted by Crippen LogP contribution is -2.39. The van der Waals surface area contributed by atoms with E-state index in [2.05, 4.69) is 5.32 Å². The third kappa shape index (κ3) is 19.8. The van der Waals surface area contributed by atoms with Crippen LogP contribution in [0.15, 0.2) is 0 Å². The second-order valence-corrected chi connectivity index (χ2v) is 4.06. The molecular weight excluding hydrogens is 190 g/mol. The van der Waals surface area contributed by atoms with Crippen molar-refractivity contribution in [2.45, 2.75) is 54.0 Å². The highest BCUT2D eigenvalue weighted by Gasteiger charge is 2.10. The molecular formula is C12H29NO2. The van der Waals surface area contributed by atoms with E-state index in [4.69, 9.17) is 5.11 Å². The molecule has 0 fully saturated rings. The molecule has 0 amide bonds. The standard InChI is InChI=1S/C5H13NO.C5H10O.C2H6/c1-5(2,4-7)6-3;1-4(2)5(3)6;1-2/h6-7H,4H2,1-3H3;4H,1-3H3;1-2H3. The average Bonchev–Trinajstić information content (AvgIpc) is 2.21. The molecule has 0 aliphatic rings. The van der Waals surface area contributed by atoms with Gasteiger partial charge in [-0.15, -0.1) is 0 Å². The quantitative estimate of drug-likeness (QED) is 0.765. The zero-order chi connectivity index (χ0) is 13.1. The van der Waals surface area contributed by atoms with Crippen LogP contribution >= 0.6 is 0 Å². The van der Waals surface area contributed by atoms with Crippen molar-refractivity contribution >= 4 is 5.78 Å². The molecule has 0 bridgehead atoms. The van der Waals surface area contributed by atoms with E-state index in [1.54, 1.807) is 6.92 Å². The minimum absolute atomic E-state index is 0.111. The van der Waals surface area contributed by atoms with E-state index in [-0.39, 0.29) is 23.8 Å². The Kier molecular flexibility index (Phi) is 15.6. The van der Waals surface area contributed by atoms with E-state index >= 15 is 0 Å². The zero-order valence-electron chi connectivity index (χ0n) is 11.6. The highest BCUT2D eigenvalue weighted by molar-refractivity contribution is 5.77. The minimum Gasteiger partial charge on any atom is -0.394 e. The first-order valence-electron chi connectivity index (χ1n) is 5.57. The van der Waals surface area contributed by atoms with Gasteiger partial charge in [0.15, 0.2) is 0 Å². The summed E-state index contributed by atoms with van der Waals surface area (Å²) in [7, 11) is 1.83. The second-order valence-electron chi connectivity index (χ2n) is 4.06. The first-order chi connectivity index (χ1) is 6.76. The molecule has 0 radical (unpaired) electrons. The van der Waals surface area contributed by atoms with Crippen LogP contribution in [0.2, 0.25) is 0 Å². The molecule has 0 saturated carbocycles. The molecule has 0 aromatic rings. The summed E-state index contributed by atoms with van der Waals surface area (Å²) < 4.78 is 0. The van der Waals surface area contributed by atoms with E-state index < -0.39 is 0 Å². The second kappa shape index (κ2) is 11.7. The van der Waals surface area contributed by atoms with Crippen LogP contribution in [-0.4, -0.2) is 30.1 Å². The SMILES string of the molecule is CC.CC(=O)C(C)C.CNC(C)(C)CO. The minimum atomic E-state index is -0.111. The van der Waals surface area contributed by atoms with Crippen LogP contribution in [0.25, 0.3) is 0 Å². The lowest BCUT2D eigenvalue weighted by Gasteiger charge is -2.19. The number of rotatable bonds is 3. The summed E-state index contributed by atoms with van der Waals surface area (Å²) in [5, 5.41) is 11.5. The van der Waals surface area contributed by atoms with E-state index in [1.807, 2.05) is 48.6 Å². The molecule has 0 aliphatic heterocycles. The number of aliphatic hydroxyl groups is 1. The summed E-state index contributed by atoms with van der Waals surface area (Å²) in [4.78, 5) is 10.1. The molecule has 0 aliphatic carbocycles. The first kappa shape index (κ1) is 20.1. The summed E-state index contributed by atoms with van der Waals surface area (Å²) in [5.74, 6) is 0.472. The van der Waals surface area contributed by atoms with E-state index in [9.17, 15) is 4.79 Å². The number of nitrogens with one attached hydrogen (secondary N) is 1. The molecule has 0 heterocycles. The van der Waals surface area contributed by atoms with Gasteiger partial charge in [0.25, 0.3) is 0 Å². The topological polar surface area (TPSA) is 49.3 Å². The number of ketones is 1. The number of Topliss-reactive ketones (excluding diaryl/α,β-unsaturated/α-hetero) is 1. The third-order valence-electron chi connectivity index (χ3n) is 1.89. The number of likely N-dealkylation sites (N-methyl/N-ethyl adjacent to an activating group) is 1. The van der Waals surface area contributed by atoms with Gasteiger partial charge in [-0.3, -0.25) is 4.79 Å². The Hall–Kier alpha value is -0.410. The fourth-order valence-corrected chi connectivity index (χ4v) is 0.0791. The molecule has 0 spiro atoms. The van der Waals surface area contributed by atoms with Crippen LogP contribution in [0.3, 0.4) is 0 Å². The molecule has 0 aromatic heterocycles. The van der Waals surface area contributed by atoms with Crippen molar-refractivity contribution in [3.8, 4) is 0 Å². The van der Waals surface area contributed by atoms with Crippen molar-refractivity contribution in [2.75, 3.05) is 13.7 Å². The average molecular weight is 219 g/mol. The highest BCUT2D eigenvalue weighted by Crippen LogP contribution is 1.95. The molecule has 0 atom stereocenters. The van der Waals surface area contributed by atoms with Crippen molar-refractivity contribution in [3.05, 3.63) is 0 Å². The zero-order valence-corrected chi connectivity index (χ0v) is 11.6. The van der Waals surface area contributed by atoms with Gasteiger partial charge in [0.05, 0.1) is 6.61 Å². The molecule has 15 heavy (non-hydrogen) atoms. The van der Waals surface area contributed by atoms with Crippen LogP contribution in [0.4, 0.5) is 0 Å². The molecule has 94 valence electrons. The number of hydrogen-bond donors (Lipinski definition) is 2. The van der Waals surface area contributed by atoms with Crippen molar-refractivity contribution in [1.82, 2.24) is 5.32 Å². The summed E-state index contributed by atoms with van der Waals surface area (Å²) in [6, 6.07) is 0. The molecule has 0 saturated heterocycles. The first-order valence-corrected chi connectivity index (χ1v) is 5.57. The Balaban J connectivity index is -0.000000166. The largest absolute Gasteiger partial charge is 0.394 e. The predicted molar refractivity (Wildman–Crippen MR) is 67.1 cm³/mol. The Bertz CT molecular complexity index is 137. The summed E-state index contributed by atoms with van der Waals surface area (Å²) in [6.45, 7) is 13.4. The van der Waals surface area contributed by atoms with Gasteiger partial charge in [-0.25, -0.2) is 0 Å². The smallest absolute Gasteiger partial charge is 0.132 e. The van der Waals surface area contributed by atoms with Gasteiger partial charge in [-0.2, -0.15) is 0 Å². The summed E-state index contributed by atoms with van der Waals surface area (Å²) in [5.41, 5.74) is -0.111. The lowest BCUT2D eigenvalue weighted by molar-refractivity contribution is -0.119. The highest BCUT2D eigenvalue weighted by atomic mass is 16.3. The number of aliphatic hydroxyl groups excluding tert-OH is 1. The van der Waals surface area contributed by atoms with E-state index in [0.717, 1.165) is 0 Å². The van der Waals surface area contributed by atoms with Crippen LogP contribution in [0.5, 0.6) is 0 Å². The third-order valence-corrected chi connectivity index (χ3v) is 1.89. The molecule has 3 heteroatoms. The maximum atomic E-state index is 10.1. The van der Waals surface area contributed by atoms with Gasteiger partial charge in [0, 0.05) is 11.5 Å². The monoisotopic (exact) mass is 219 g/mol. The summed E-state index contributed by atoms with van der Waals surface area (Å²) in [6.07, 6.45) is 0. The van der Waals surface area contributed by atoms with Gasteiger partial charge >= 0.3 is 0 Å². The van der Waals surface area contributed by atoms with Crippen molar-refractivity contribution in [3.63, 3.8) is 0 Å². The molecule has 0 aromatic carbocycles. The number of carbonyl (C=O) groups is 1. The maximum Gasteiger partial charge on any atom is 0.132 e. The van der Waals surface area contributed by atoms with Gasteiger partial charge in [-0.1, -0.05) is 27.7 Å².